The van der Waals surface area contributed by atoms with E-state index in [1.165, 1.54) is 25.9 Å². The summed E-state index contributed by atoms with van der Waals surface area (Å²) >= 11 is 1.57. The number of nitrogens with one attached hydrogen (secondary N) is 1. The summed E-state index contributed by atoms with van der Waals surface area (Å²) in [5.41, 5.74) is 1.76. The number of hydrogen-bond acceptors (Lipinski definition) is 5. The van der Waals surface area contributed by atoms with Gasteiger partial charge in [0.25, 0.3) is 0 Å². The van der Waals surface area contributed by atoms with Crippen molar-refractivity contribution in [3.63, 3.8) is 0 Å². The van der Waals surface area contributed by atoms with E-state index >= 15 is 0 Å². The van der Waals surface area contributed by atoms with Crippen molar-refractivity contribution in [2.75, 3.05) is 25.5 Å². The molecule has 4 nitrogen and oxygen atoms in total. The van der Waals surface area contributed by atoms with Crippen molar-refractivity contribution in [3.8, 4) is 0 Å². The van der Waals surface area contributed by atoms with E-state index in [-0.39, 0.29) is 0 Å². The Labute approximate surface area is 82.0 Å². The van der Waals surface area contributed by atoms with E-state index < -0.39 is 0 Å². The molecule has 2 heterocycles. The smallest absolute Gasteiger partial charge is 0.205 e. The minimum absolute atomic E-state index is 0.587. The lowest BCUT2D eigenvalue weighted by Gasteiger charge is -2.29. The molecule has 1 N–H and O–H groups in total. The molecule has 1 aromatic rings. The molecule has 0 spiro atoms. The Morgan fingerprint density at radius 3 is 2.92 bits per heavy atom. The molecule has 1 fully saturated rings. The second-order valence-electron chi connectivity index (χ2n) is 3.47. The molecule has 0 bridgehead atoms. The third kappa shape index (κ3) is 2.38. The maximum atomic E-state index is 3.97. The zero-order valence-corrected chi connectivity index (χ0v) is 8.55. The zero-order chi connectivity index (χ0) is 9.10. The first-order valence-corrected chi connectivity index (χ1v) is 5.44. The summed E-state index contributed by atoms with van der Waals surface area (Å²) in [6.07, 6.45) is 2.41. The van der Waals surface area contributed by atoms with E-state index in [9.17, 15) is 0 Å². The highest BCUT2D eigenvalue weighted by Gasteiger charge is 2.16. The standard InChI is InChI=1S/C8H14N4S/c1-12-4-2-7(3-5-12)10-8-11-9-6-13-8/h6-7H,2-5H2,1H3,(H,10,11). The van der Waals surface area contributed by atoms with Crippen LogP contribution in [0.25, 0.3) is 0 Å². The Kier molecular flexibility index (Phi) is 2.75. The molecule has 1 aromatic heterocycles. The summed E-state index contributed by atoms with van der Waals surface area (Å²) in [5.74, 6) is 0. The number of rotatable bonds is 2. The second-order valence-corrected chi connectivity index (χ2v) is 4.30. The number of anilines is 1. The van der Waals surface area contributed by atoms with Gasteiger partial charge in [0.1, 0.15) is 5.51 Å². The predicted octanol–water partition coefficient (Wildman–Crippen LogP) is 1.04. The van der Waals surface area contributed by atoms with Gasteiger partial charge in [0.05, 0.1) is 0 Å². The van der Waals surface area contributed by atoms with Crippen molar-refractivity contribution in [1.82, 2.24) is 15.1 Å². The molecule has 1 saturated heterocycles. The fourth-order valence-corrected chi connectivity index (χ4v) is 2.09. The lowest BCUT2D eigenvalue weighted by atomic mass is 10.1. The fraction of sp³-hybridized carbons (Fsp3) is 0.750. The third-order valence-electron chi connectivity index (χ3n) is 2.41. The predicted molar refractivity (Wildman–Crippen MR) is 54.1 cm³/mol. The van der Waals surface area contributed by atoms with Crippen LogP contribution in [0, 0.1) is 0 Å². The molecular weight excluding hydrogens is 184 g/mol. The summed E-state index contributed by atoms with van der Waals surface area (Å²) in [5, 5.41) is 12.1. The Morgan fingerprint density at radius 2 is 2.31 bits per heavy atom. The van der Waals surface area contributed by atoms with Crippen molar-refractivity contribution >= 4 is 16.5 Å². The number of hydrogen-bond donors (Lipinski definition) is 1. The minimum Gasteiger partial charge on any atom is -0.357 e. The summed E-state index contributed by atoms with van der Waals surface area (Å²) in [6.45, 7) is 2.35. The molecule has 0 atom stereocenters. The van der Waals surface area contributed by atoms with Crippen LogP contribution in [0.1, 0.15) is 12.8 Å². The maximum absolute atomic E-state index is 3.97. The van der Waals surface area contributed by atoms with Gasteiger partial charge in [0, 0.05) is 6.04 Å². The summed E-state index contributed by atoms with van der Waals surface area (Å²) in [7, 11) is 2.17. The van der Waals surface area contributed by atoms with Crippen molar-refractivity contribution in [3.05, 3.63) is 5.51 Å². The Hall–Kier alpha value is -0.680. The monoisotopic (exact) mass is 198 g/mol. The second kappa shape index (κ2) is 4.02. The molecule has 72 valence electrons. The SMILES string of the molecule is CN1CCC(Nc2nncs2)CC1. The molecule has 2 rings (SSSR count). The van der Waals surface area contributed by atoms with Gasteiger partial charge in [-0.2, -0.15) is 0 Å². The van der Waals surface area contributed by atoms with Gasteiger partial charge in [0.15, 0.2) is 0 Å². The molecule has 0 saturated carbocycles. The number of piperidine rings is 1. The van der Waals surface area contributed by atoms with Gasteiger partial charge < -0.3 is 10.2 Å². The fourth-order valence-electron chi connectivity index (χ4n) is 1.56. The van der Waals surface area contributed by atoms with E-state index in [4.69, 9.17) is 0 Å². The first kappa shape index (κ1) is 8.90. The highest BCUT2D eigenvalue weighted by molar-refractivity contribution is 7.13. The topological polar surface area (TPSA) is 41.0 Å². The van der Waals surface area contributed by atoms with Gasteiger partial charge in [-0.3, -0.25) is 0 Å². The van der Waals surface area contributed by atoms with Gasteiger partial charge in [-0.15, -0.1) is 10.2 Å². The van der Waals surface area contributed by atoms with Gasteiger partial charge in [-0.05, 0) is 33.0 Å². The Morgan fingerprint density at radius 1 is 1.54 bits per heavy atom. The highest BCUT2D eigenvalue weighted by atomic mass is 32.1. The van der Waals surface area contributed by atoms with Crippen LogP contribution in [-0.4, -0.2) is 41.3 Å². The molecule has 1 aliphatic rings. The van der Waals surface area contributed by atoms with Crippen LogP contribution in [0.3, 0.4) is 0 Å². The molecular formula is C8H14N4S. The number of aromatic nitrogens is 2. The van der Waals surface area contributed by atoms with Gasteiger partial charge in [-0.25, -0.2) is 0 Å². The Bertz CT molecular complexity index is 241. The maximum Gasteiger partial charge on any atom is 0.205 e. The average molecular weight is 198 g/mol. The van der Waals surface area contributed by atoms with Crippen LogP contribution in [0.4, 0.5) is 5.13 Å². The first-order chi connectivity index (χ1) is 6.34. The van der Waals surface area contributed by atoms with Gasteiger partial charge in [0.2, 0.25) is 5.13 Å². The minimum atomic E-state index is 0.587. The summed E-state index contributed by atoms with van der Waals surface area (Å²) in [6, 6.07) is 0.587. The van der Waals surface area contributed by atoms with E-state index in [1.807, 2.05) is 0 Å². The largest absolute Gasteiger partial charge is 0.357 e. The van der Waals surface area contributed by atoms with E-state index in [2.05, 4.69) is 27.5 Å². The van der Waals surface area contributed by atoms with Crippen molar-refractivity contribution < 1.29 is 0 Å². The first-order valence-electron chi connectivity index (χ1n) is 4.56. The van der Waals surface area contributed by atoms with Crippen molar-refractivity contribution in [1.29, 1.82) is 0 Å². The van der Waals surface area contributed by atoms with E-state index in [1.54, 1.807) is 16.8 Å². The van der Waals surface area contributed by atoms with Gasteiger partial charge >= 0.3 is 0 Å². The van der Waals surface area contributed by atoms with Gasteiger partial charge in [-0.1, -0.05) is 11.3 Å². The molecule has 1 aliphatic heterocycles. The summed E-state index contributed by atoms with van der Waals surface area (Å²) < 4.78 is 0. The van der Waals surface area contributed by atoms with Crippen LogP contribution in [0.2, 0.25) is 0 Å². The molecule has 0 aromatic carbocycles. The van der Waals surface area contributed by atoms with E-state index in [0.29, 0.717) is 6.04 Å². The molecule has 5 heteroatoms. The third-order valence-corrected chi connectivity index (χ3v) is 3.03. The normalized spacial score (nSPS) is 20.4. The van der Waals surface area contributed by atoms with Crippen LogP contribution in [-0.2, 0) is 0 Å². The molecule has 0 aliphatic carbocycles. The van der Waals surface area contributed by atoms with Crippen LogP contribution < -0.4 is 5.32 Å². The zero-order valence-electron chi connectivity index (χ0n) is 7.73. The average Bonchev–Trinajstić information content (AvgIpc) is 2.62. The van der Waals surface area contributed by atoms with Crippen LogP contribution in [0.15, 0.2) is 5.51 Å². The summed E-state index contributed by atoms with van der Waals surface area (Å²) in [4.78, 5) is 2.36. The number of nitrogens with zero attached hydrogens (tertiary/aromatic N) is 3. The van der Waals surface area contributed by atoms with Crippen molar-refractivity contribution in [2.24, 2.45) is 0 Å². The van der Waals surface area contributed by atoms with Crippen molar-refractivity contribution in [2.45, 2.75) is 18.9 Å². The van der Waals surface area contributed by atoms with Crippen LogP contribution >= 0.6 is 11.3 Å². The lowest BCUT2D eigenvalue weighted by molar-refractivity contribution is 0.264. The van der Waals surface area contributed by atoms with E-state index in [0.717, 1.165) is 5.13 Å². The molecule has 13 heavy (non-hydrogen) atoms. The highest BCUT2D eigenvalue weighted by Crippen LogP contribution is 2.16. The molecule has 0 amide bonds. The lowest BCUT2D eigenvalue weighted by Crippen LogP contribution is -2.36. The molecule has 0 unspecified atom stereocenters. The molecule has 0 radical (unpaired) electrons. The number of likely N-dealkylation sites (tertiary alicyclic amines) is 1. The van der Waals surface area contributed by atoms with Crippen LogP contribution in [0.5, 0.6) is 0 Å². The quantitative estimate of drug-likeness (QED) is 0.771. The Balaban J connectivity index is 1.83.